The van der Waals surface area contributed by atoms with Crippen LogP contribution in [0.1, 0.15) is 18.1 Å². The molecular weight excluding hydrogens is 462 g/mol. The Kier molecular flexibility index (Phi) is 7.84. The Morgan fingerprint density at radius 2 is 1.77 bits per heavy atom. The maximum Gasteiger partial charge on any atom is 1.00 e. The molecule has 1 unspecified atom stereocenters. The predicted molar refractivity (Wildman–Crippen MR) is 109 cm³/mol. The van der Waals surface area contributed by atoms with Crippen LogP contribution < -0.4 is 34.6 Å². The van der Waals surface area contributed by atoms with Gasteiger partial charge in [-0.2, -0.15) is 20.3 Å². The third kappa shape index (κ3) is 5.11. The number of amides is 1. The number of anilines is 1. The van der Waals surface area contributed by atoms with Crippen molar-refractivity contribution < 1.29 is 47.3 Å². The van der Waals surface area contributed by atoms with Crippen LogP contribution in [-0.4, -0.2) is 30.6 Å². The Hall–Kier alpha value is -1.33. The van der Waals surface area contributed by atoms with E-state index in [2.05, 4.69) is 15.3 Å². The first-order valence-electron chi connectivity index (χ1n) is 8.31. The molecule has 8 nitrogen and oxygen atoms in total. The number of aryl methyl sites for hydroxylation is 2. The topological polar surface area (TPSA) is 115 Å². The molecule has 0 fully saturated rings. The first-order chi connectivity index (χ1) is 13.5. The van der Waals surface area contributed by atoms with Crippen LogP contribution in [0.4, 0.5) is 11.4 Å². The molecule has 3 rings (SSSR count). The van der Waals surface area contributed by atoms with E-state index in [1.807, 2.05) is 26.0 Å². The van der Waals surface area contributed by atoms with E-state index in [9.17, 15) is 17.8 Å². The van der Waals surface area contributed by atoms with Gasteiger partial charge in [0.25, 0.3) is 5.91 Å². The second kappa shape index (κ2) is 9.44. The molecule has 12 heteroatoms. The maximum absolute atomic E-state index is 12.8. The maximum atomic E-state index is 12.8. The molecule has 0 bridgehead atoms. The van der Waals surface area contributed by atoms with Gasteiger partial charge in [-0.3, -0.25) is 4.79 Å². The standard InChI is InChI=1S/C18H16Cl2N4O4S.Na/c1-9-4-5-14(10(2)6-9)21-22-17-11(3)23-24(18(17)25)15-7-13(20)16(8-12(15)19)29(26,27)28;/h4-8,17H,1-3H3,(H,26,27,28);/q;+1/p-1. The van der Waals surface area contributed by atoms with Crippen molar-refractivity contribution in [1.82, 2.24) is 0 Å². The molecule has 2 aromatic rings. The zero-order valence-corrected chi connectivity index (χ0v) is 20.9. The van der Waals surface area contributed by atoms with E-state index in [1.54, 1.807) is 13.0 Å². The number of nitrogens with zero attached hydrogens (tertiary/aromatic N) is 4. The van der Waals surface area contributed by atoms with Gasteiger partial charge in [0.05, 0.1) is 32.0 Å². The van der Waals surface area contributed by atoms with Crippen LogP contribution >= 0.6 is 23.2 Å². The minimum absolute atomic E-state index is 0. The molecule has 30 heavy (non-hydrogen) atoms. The smallest absolute Gasteiger partial charge is 0.744 e. The van der Waals surface area contributed by atoms with Crippen molar-refractivity contribution in [2.24, 2.45) is 15.3 Å². The molecular formula is C18H15Cl2N4NaO4S. The number of rotatable bonds is 4. The van der Waals surface area contributed by atoms with Crippen LogP contribution in [0.3, 0.4) is 0 Å². The summed E-state index contributed by atoms with van der Waals surface area (Å²) < 4.78 is 33.7. The van der Waals surface area contributed by atoms with Crippen molar-refractivity contribution in [3.63, 3.8) is 0 Å². The van der Waals surface area contributed by atoms with Crippen molar-refractivity contribution in [3.8, 4) is 0 Å². The van der Waals surface area contributed by atoms with Crippen LogP contribution in [0, 0.1) is 13.8 Å². The SMILES string of the molecule is CC1=NN(c2cc(Cl)c(S(=O)(=O)[O-])cc2Cl)C(=O)C1N=Nc1ccc(C)cc1C.[Na+]. The zero-order valence-electron chi connectivity index (χ0n) is 16.6. The molecule has 0 aromatic heterocycles. The van der Waals surface area contributed by atoms with Gasteiger partial charge in [-0.05, 0) is 44.5 Å². The zero-order chi connectivity index (χ0) is 21.5. The quantitative estimate of drug-likeness (QED) is 0.376. The normalized spacial score (nSPS) is 16.7. The summed E-state index contributed by atoms with van der Waals surface area (Å²) in [5.74, 6) is -0.535. The van der Waals surface area contributed by atoms with Crippen molar-refractivity contribution in [2.45, 2.75) is 31.7 Å². The Bertz CT molecular complexity index is 1180. The van der Waals surface area contributed by atoms with Gasteiger partial charge >= 0.3 is 29.6 Å². The molecule has 2 aromatic carbocycles. The average Bonchev–Trinajstić information content (AvgIpc) is 2.89. The first kappa shape index (κ1) is 24.9. The number of hydrogen-bond donors (Lipinski definition) is 0. The number of azo groups is 1. The van der Waals surface area contributed by atoms with Crippen molar-refractivity contribution in [3.05, 3.63) is 51.5 Å². The molecule has 1 aliphatic heterocycles. The largest absolute Gasteiger partial charge is 1.00 e. The minimum atomic E-state index is -4.82. The molecule has 1 heterocycles. The monoisotopic (exact) mass is 476 g/mol. The summed E-state index contributed by atoms with van der Waals surface area (Å²) in [5, 5.41) is 12.9. The minimum Gasteiger partial charge on any atom is -0.744 e. The number of halogens is 2. The van der Waals surface area contributed by atoms with Crippen molar-refractivity contribution >= 4 is 56.3 Å². The second-order valence-corrected chi connectivity index (χ2v) is 8.65. The molecule has 0 spiro atoms. The van der Waals surface area contributed by atoms with E-state index in [0.29, 0.717) is 11.4 Å². The summed E-state index contributed by atoms with van der Waals surface area (Å²) >= 11 is 12.0. The molecule has 0 aliphatic carbocycles. The Labute approximate surface area is 206 Å². The van der Waals surface area contributed by atoms with Gasteiger partial charge in [0.15, 0.2) is 6.04 Å². The van der Waals surface area contributed by atoms with Crippen molar-refractivity contribution in [1.29, 1.82) is 0 Å². The van der Waals surface area contributed by atoms with Gasteiger partial charge in [-0.15, -0.1) is 0 Å². The third-order valence-corrected chi connectivity index (χ3v) is 5.83. The van der Waals surface area contributed by atoms with E-state index >= 15 is 0 Å². The molecule has 1 aliphatic rings. The fourth-order valence-corrected chi connectivity index (χ4v) is 4.08. The molecule has 152 valence electrons. The van der Waals surface area contributed by atoms with Crippen molar-refractivity contribution in [2.75, 3.05) is 5.01 Å². The number of hydrogen-bond acceptors (Lipinski definition) is 7. The Morgan fingerprint density at radius 3 is 2.37 bits per heavy atom. The van der Waals surface area contributed by atoms with Crippen LogP contribution in [0.15, 0.2) is 50.6 Å². The molecule has 0 saturated carbocycles. The molecule has 0 radical (unpaired) electrons. The summed E-state index contributed by atoms with van der Waals surface area (Å²) in [5.41, 5.74) is 3.03. The van der Waals surface area contributed by atoms with E-state index in [0.717, 1.165) is 28.3 Å². The average molecular weight is 477 g/mol. The summed E-state index contributed by atoms with van der Waals surface area (Å²) in [6, 6.07) is 6.67. The number of carbonyl (C=O) groups excluding carboxylic acids is 1. The van der Waals surface area contributed by atoms with Crippen LogP contribution in [0.25, 0.3) is 0 Å². The Balaban J connectivity index is 0.00000320. The fourth-order valence-electron chi connectivity index (χ4n) is 2.77. The van der Waals surface area contributed by atoms with Crippen LogP contribution in [0.2, 0.25) is 10.0 Å². The van der Waals surface area contributed by atoms with Gasteiger partial charge in [0.2, 0.25) is 0 Å². The Morgan fingerprint density at radius 1 is 1.10 bits per heavy atom. The van der Waals surface area contributed by atoms with Gasteiger partial charge in [0.1, 0.15) is 10.1 Å². The van der Waals surface area contributed by atoms with Gasteiger partial charge in [-0.25, -0.2) is 8.42 Å². The molecule has 1 amide bonds. The third-order valence-electron chi connectivity index (χ3n) is 4.23. The summed E-state index contributed by atoms with van der Waals surface area (Å²) in [4.78, 5) is 12.1. The van der Waals surface area contributed by atoms with Gasteiger partial charge < -0.3 is 4.55 Å². The first-order valence-corrected chi connectivity index (χ1v) is 10.5. The van der Waals surface area contributed by atoms with Crippen LogP contribution in [-0.2, 0) is 14.9 Å². The molecule has 0 saturated heterocycles. The van der Waals surface area contributed by atoms with E-state index in [-0.39, 0.29) is 45.3 Å². The van der Waals surface area contributed by atoms with E-state index in [4.69, 9.17) is 23.2 Å². The van der Waals surface area contributed by atoms with E-state index < -0.39 is 27.0 Å². The summed E-state index contributed by atoms with van der Waals surface area (Å²) in [6.45, 7) is 5.45. The number of benzene rings is 2. The fraction of sp³-hybridized carbons (Fsp3) is 0.222. The van der Waals surface area contributed by atoms with Gasteiger partial charge in [0, 0.05) is 0 Å². The van der Waals surface area contributed by atoms with E-state index in [1.165, 1.54) is 0 Å². The molecule has 1 atom stereocenters. The summed E-state index contributed by atoms with van der Waals surface area (Å²) in [6.07, 6.45) is 0. The van der Waals surface area contributed by atoms with Gasteiger partial charge in [-0.1, -0.05) is 40.9 Å². The van der Waals surface area contributed by atoms with Crippen LogP contribution in [0.5, 0.6) is 0 Å². The number of carbonyl (C=O) groups is 1. The number of hydrazone groups is 1. The molecule has 0 N–H and O–H groups in total. The predicted octanol–water partition coefficient (Wildman–Crippen LogP) is 1.39. The summed E-state index contributed by atoms with van der Waals surface area (Å²) in [7, 11) is -4.82. The second-order valence-electron chi connectivity index (χ2n) is 6.49.